The number of hydrogen-bond acceptors (Lipinski definition) is 2. The Balaban J connectivity index is 2.16. The minimum atomic E-state index is -0.549. The first-order valence-electron chi connectivity index (χ1n) is 6.20. The van der Waals surface area contributed by atoms with Crippen molar-refractivity contribution < 1.29 is 4.79 Å². The summed E-state index contributed by atoms with van der Waals surface area (Å²) in [6.45, 7) is 3.94. The smallest absolute Gasteiger partial charge is 0.251 e. The van der Waals surface area contributed by atoms with E-state index in [9.17, 15) is 4.79 Å². The second-order valence-electron chi connectivity index (χ2n) is 5.24. The lowest BCUT2D eigenvalue weighted by Crippen LogP contribution is -2.33. The van der Waals surface area contributed by atoms with Crippen molar-refractivity contribution in [2.24, 2.45) is 5.41 Å². The van der Waals surface area contributed by atoms with Crippen molar-refractivity contribution in [3.8, 4) is 6.07 Å². The maximum Gasteiger partial charge on any atom is 0.251 e. The Hall–Kier alpha value is -2.34. The van der Waals surface area contributed by atoms with Gasteiger partial charge in [-0.05, 0) is 36.8 Å². The molecular weight excluding hydrogens is 236 g/mol. The fraction of sp³-hybridized carbons (Fsp3) is 0.250. The second kappa shape index (κ2) is 5.11. The Labute approximate surface area is 112 Å². The first kappa shape index (κ1) is 13.1. The minimum Gasteiger partial charge on any atom is -0.350 e. The fourth-order valence-electron chi connectivity index (χ4n) is 1.77. The van der Waals surface area contributed by atoms with Gasteiger partial charge in [-0.2, -0.15) is 5.26 Å². The molecule has 1 amide bonds. The maximum atomic E-state index is 12.0. The molecule has 0 aliphatic rings. The SMILES string of the molecule is CC(C)(C#N)CNC(=O)c1ccc2ccccc2c1. The van der Waals surface area contributed by atoms with Crippen LogP contribution in [0.4, 0.5) is 0 Å². The van der Waals surface area contributed by atoms with E-state index in [1.165, 1.54) is 0 Å². The van der Waals surface area contributed by atoms with Gasteiger partial charge in [-0.1, -0.05) is 30.3 Å². The van der Waals surface area contributed by atoms with Gasteiger partial charge in [0.2, 0.25) is 0 Å². The molecule has 2 rings (SSSR count). The molecule has 96 valence electrons. The van der Waals surface area contributed by atoms with Crippen molar-refractivity contribution in [3.05, 3.63) is 48.0 Å². The van der Waals surface area contributed by atoms with Crippen molar-refractivity contribution in [1.82, 2.24) is 5.32 Å². The van der Waals surface area contributed by atoms with Crippen LogP contribution >= 0.6 is 0 Å². The molecule has 0 bridgehead atoms. The summed E-state index contributed by atoms with van der Waals surface area (Å²) in [7, 11) is 0. The van der Waals surface area contributed by atoms with Gasteiger partial charge in [0.15, 0.2) is 0 Å². The van der Waals surface area contributed by atoms with E-state index in [-0.39, 0.29) is 5.91 Å². The van der Waals surface area contributed by atoms with Gasteiger partial charge < -0.3 is 5.32 Å². The number of nitrogens with zero attached hydrogens (tertiary/aromatic N) is 1. The lowest BCUT2D eigenvalue weighted by molar-refractivity contribution is 0.0944. The van der Waals surface area contributed by atoms with E-state index in [1.807, 2.05) is 36.4 Å². The summed E-state index contributed by atoms with van der Waals surface area (Å²) in [5, 5.41) is 13.9. The summed E-state index contributed by atoms with van der Waals surface area (Å²) in [5.74, 6) is -0.144. The quantitative estimate of drug-likeness (QED) is 0.912. The third-order valence-corrected chi connectivity index (χ3v) is 3.01. The molecule has 0 spiro atoms. The first-order chi connectivity index (χ1) is 9.02. The van der Waals surface area contributed by atoms with E-state index >= 15 is 0 Å². The molecule has 2 aromatic rings. The third-order valence-electron chi connectivity index (χ3n) is 3.01. The highest BCUT2D eigenvalue weighted by Gasteiger charge is 2.18. The van der Waals surface area contributed by atoms with Crippen molar-refractivity contribution in [1.29, 1.82) is 5.26 Å². The van der Waals surface area contributed by atoms with Gasteiger partial charge in [-0.15, -0.1) is 0 Å². The van der Waals surface area contributed by atoms with E-state index in [0.29, 0.717) is 12.1 Å². The molecule has 0 aromatic heterocycles. The second-order valence-corrected chi connectivity index (χ2v) is 5.24. The highest BCUT2D eigenvalue weighted by Crippen LogP contribution is 2.16. The number of hydrogen-bond donors (Lipinski definition) is 1. The monoisotopic (exact) mass is 252 g/mol. The summed E-state index contributed by atoms with van der Waals surface area (Å²) in [6, 6.07) is 15.7. The van der Waals surface area contributed by atoms with Gasteiger partial charge in [0.1, 0.15) is 0 Å². The van der Waals surface area contributed by atoms with E-state index in [1.54, 1.807) is 19.9 Å². The Morgan fingerprint density at radius 3 is 2.58 bits per heavy atom. The van der Waals surface area contributed by atoms with Crippen LogP contribution in [0.25, 0.3) is 10.8 Å². The summed E-state index contributed by atoms with van der Waals surface area (Å²) in [5.41, 5.74) is 0.0689. The number of fused-ring (bicyclic) bond motifs is 1. The van der Waals surface area contributed by atoms with Crippen LogP contribution in [0, 0.1) is 16.7 Å². The highest BCUT2D eigenvalue weighted by atomic mass is 16.1. The van der Waals surface area contributed by atoms with Crippen LogP contribution in [-0.4, -0.2) is 12.5 Å². The van der Waals surface area contributed by atoms with Crippen LogP contribution in [0.5, 0.6) is 0 Å². The largest absolute Gasteiger partial charge is 0.350 e. The number of amides is 1. The summed E-state index contributed by atoms with van der Waals surface area (Å²) in [6.07, 6.45) is 0. The van der Waals surface area contributed by atoms with Gasteiger partial charge in [-0.25, -0.2) is 0 Å². The predicted molar refractivity (Wildman–Crippen MR) is 75.7 cm³/mol. The molecule has 3 heteroatoms. The standard InChI is InChI=1S/C16H16N2O/c1-16(2,10-17)11-18-15(19)14-8-7-12-5-3-4-6-13(12)9-14/h3-9H,11H2,1-2H3,(H,18,19). The molecule has 0 heterocycles. The Morgan fingerprint density at radius 1 is 1.21 bits per heavy atom. The van der Waals surface area contributed by atoms with Crippen molar-refractivity contribution in [2.75, 3.05) is 6.54 Å². The Kier molecular flexibility index (Phi) is 3.52. The maximum absolute atomic E-state index is 12.0. The molecule has 0 aliphatic heterocycles. The van der Waals surface area contributed by atoms with E-state index < -0.39 is 5.41 Å². The minimum absolute atomic E-state index is 0.144. The molecule has 0 unspecified atom stereocenters. The molecule has 0 aliphatic carbocycles. The number of carbonyl (C=O) groups is 1. The van der Waals surface area contributed by atoms with Gasteiger partial charge in [0.05, 0.1) is 11.5 Å². The van der Waals surface area contributed by atoms with Crippen LogP contribution in [0.3, 0.4) is 0 Å². The molecule has 0 radical (unpaired) electrons. The van der Waals surface area contributed by atoms with Crippen LogP contribution < -0.4 is 5.32 Å². The van der Waals surface area contributed by atoms with Crippen molar-refractivity contribution >= 4 is 16.7 Å². The summed E-state index contributed by atoms with van der Waals surface area (Å²) < 4.78 is 0. The number of nitriles is 1. The predicted octanol–water partition coefficient (Wildman–Crippen LogP) is 3.12. The number of benzene rings is 2. The Morgan fingerprint density at radius 2 is 1.89 bits per heavy atom. The normalized spacial score (nSPS) is 11.0. The number of nitrogens with one attached hydrogen (secondary N) is 1. The van der Waals surface area contributed by atoms with Gasteiger partial charge in [0.25, 0.3) is 5.91 Å². The average molecular weight is 252 g/mol. The molecule has 2 aromatic carbocycles. The van der Waals surface area contributed by atoms with Crippen LogP contribution in [0.15, 0.2) is 42.5 Å². The molecular formula is C16H16N2O. The molecule has 0 fully saturated rings. The van der Waals surface area contributed by atoms with Crippen molar-refractivity contribution in [3.63, 3.8) is 0 Å². The van der Waals surface area contributed by atoms with Crippen LogP contribution in [0.1, 0.15) is 24.2 Å². The van der Waals surface area contributed by atoms with E-state index in [4.69, 9.17) is 5.26 Å². The zero-order valence-corrected chi connectivity index (χ0v) is 11.1. The fourth-order valence-corrected chi connectivity index (χ4v) is 1.77. The Bertz CT molecular complexity index is 653. The average Bonchev–Trinajstić information content (AvgIpc) is 2.44. The third kappa shape index (κ3) is 3.11. The molecule has 1 N–H and O–H groups in total. The van der Waals surface area contributed by atoms with E-state index in [0.717, 1.165) is 10.8 Å². The highest BCUT2D eigenvalue weighted by molar-refractivity contribution is 5.98. The van der Waals surface area contributed by atoms with Crippen LogP contribution in [-0.2, 0) is 0 Å². The molecule has 0 saturated heterocycles. The van der Waals surface area contributed by atoms with Crippen molar-refractivity contribution in [2.45, 2.75) is 13.8 Å². The zero-order valence-electron chi connectivity index (χ0n) is 11.1. The molecule has 3 nitrogen and oxygen atoms in total. The van der Waals surface area contributed by atoms with Gasteiger partial charge in [0, 0.05) is 12.1 Å². The lowest BCUT2D eigenvalue weighted by atomic mass is 9.96. The topological polar surface area (TPSA) is 52.9 Å². The summed E-state index contributed by atoms with van der Waals surface area (Å²) >= 11 is 0. The van der Waals surface area contributed by atoms with Gasteiger partial charge >= 0.3 is 0 Å². The van der Waals surface area contributed by atoms with E-state index in [2.05, 4.69) is 11.4 Å². The van der Waals surface area contributed by atoms with Gasteiger partial charge in [-0.3, -0.25) is 4.79 Å². The number of rotatable bonds is 3. The van der Waals surface area contributed by atoms with Crippen LogP contribution in [0.2, 0.25) is 0 Å². The summed E-state index contributed by atoms with van der Waals surface area (Å²) in [4.78, 5) is 12.0. The first-order valence-corrected chi connectivity index (χ1v) is 6.20. The lowest BCUT2D eigenvalue weighted by Gasteiger charge is -2.15. The molecule has 19 heavy (non-hydrogen) atoms. The number of carbonyl (C=O) groups excluding carboxylic acids is 1. The molecule has 0 saturated carbocycles. The molecule has 0 atom stereocenters. The zero-order chi connectivity index (χ0) is 13.9.